The summed E-state index contributed by atoms with van der Waals surface area (Å²) in [5, 5.41) is 4.74. The van der Waals surface area contributed by atoms with Gasteiger partial charge in [-0.15, -0.1) is 11.8 Å². The first-order valence-electron chi connectivity index (χ1n) is 10.2. The molecule has 1 N–H and O–H groups in total. The maximum atomic E-state index is 12.0. The van der Waals surface area contributed by atoms with Crippen molar-refractivity contribution in [2.24, 2.45) is 5.10 Å². The molecular weight excluding hydrogens is 444 g/mol. The van der Waals surface area contributed by atoms with Crippen LogP contribution in [0, 0.1) is 0 Å². The number of thioether (sulfide) groups is 1. The number of halogens is 1. The minimum atomic E-state index is -0.143. The predicted molar refractivity (Wildman–Crippen MR) is 132 cm³/mol. The molecule has 0 spiro atoms. The number of amides is 1. The van der Waals surface area contributed by atoms with Gasteiger partial charge >= 0.3 is 0 Å². The Kier molecular flexibility index (Phi) is 9.47. The third-order valence-electron chi connectivity index (χ3n) is 4.32. The lowest BCUT2D eigenvalue weighted by atomic mass is 10.2. The second-order valence-electron chi connectivity index (χ2n) is 6.83. The Bertz CT molecular complexity index is 1030. The zero-order valence-electron chi connectivity index (χ0n) is 17.8. The van der Waals surface area contributed by atoms with Gasteiger partial charge in [-0.05, 0) is 53.9 Å². The van der Waals surface area contributed by atoms with Gasteiger partial charge in [-0.1, -0.05) is 54.1 Å². The topological polar surface area (TPSA) is 59.9 Å². The molecule has 0 heterocycles. The summed E-state index contributed by atoms with van der Waals surface area (Å²) in [6.07, 6.45) is 1.59. The second kappa shape index (κ2) is 12.8. The summed E-state index contributed by atoms with van der Waals surface area (Å²) in [5.41, 5.74) is 5.56. The number of rotatable bonds is 11. The number of hydrazone groups is 1. The van der Waals surface area contributed by atoms with Crippen LogP contribution in [-0.2, 0) is 17.2 Å². The number of ether oxygens (including phenoxy) is 2. The molecule has 3 aromatic carbocycles. The van der Waals surface area contributed by atoms with Crippen LogP contribution >= 0.6 is 23.4 Å². The summed E-state index contributed by atoms with van der Waals surface area (Å²) >= 11 is 7.47. The minimum absolute atomic E-state index is 0.143. The fourth-order valence-corrected chi connectivity index (χ4v) is 3.69. The van der Waals surface area contributed by atoms with Crippen LogP contribution in [0.3, 0.4) is 0 Å². The lowest BCUT2D eigenvalue weighted by Crippen LogP contribution is -2.19. The highest BCUT2D eigenvalue weighted by Gasteiger charge is 2.07. The highest BCUT2D eigenvalue weighted by atomic mass is 35.5. The molecule has 32 heavy (non-hydrogen) atoms. The highest BCUT2D eigenvalue weighted by molar-refractivity contribution is 7.99. The summed E-state index contributed by atoms with van der Waals surface area (Å²) in [4.78, 5) is 12.0. The predicted octanol–water partition coefficient (Wildman–Crippen LogP) is 5.70. The molecule has 5 nitrogen and oxygen atoms in total. The smallest absolute Gasteiger partial charge is 0.250 e. The van der Waals surface area contributed by atoms with Crippen LogP contribution in [0.2, 0.25) is 5.02 Å². The third-order valence-corrected chi connectivity index (χ3v) is 5.58. The molecule has 0 saturated heterocycles. The lowest BCUT2D eigenvalue weighted by Gasteiger charge is -2.12. The summed E-state index contributed by atoms with van der Waals surface area (Å²) in [7, 11) is 0. The van der Waals surface area contributed by atoms with E-state index in [1.807, 2.05) is 79.7 Å². The first-order valence-corrected chi connectivity index (χ1v) is 11.7. The van der Waals surface area contributed by atoms with Crippen LogP contribution < -0.4 is 14.9 Å². The summed E-state index contributed by atoms with van der Waals surface area (Å²) in [6, 6.07) is 23.1. The van der Waals surface area contributed by atoms with Gasteiger partial charge in [0.1, 0.15) is 6.61 Å². The van der Waals surface area contributed by atoms with Crippen molar-refractivity contribution in [1.82, 2.24) is 5.43 Å². The number of carbonyl (C=O) groups is 1. The quantitative estimate of drug-likeness (QED) is 0.289. The van der Waals surface area contributed by atoms with Crippen LogP contribution in [0.5, 0.6) is 11.5 Å². The highest BCUT2D eigenvalue weighted by Crippen LogP contribution is 2.29. The van der Waals surface area contributed by atoms with Gasteiger partial charge in [0.2, 0.25) is 5.91 Å². The van der Waals surface area contributed by atoms with Gasteiger partial charge in [-0.2, -0.15) is 5.10 Å². The van der Waals surface area contributed by atoms with E-state index in [2.05, 4.69) is 10.5 Å². The van der Waals surface area contributed by atoms with Crippen molar-refractivity contribution in [2.45, 2.75) is 19.3 Å². The minimum Gasteiger partial charge on any atom is -0.490 e. The van der Waals surface area contributed by atoms with Crippen molar-refractivity contribution in [3.05, 3.63) is 94.5 Å². The number of hydrogen-bond donors (Lipinski definition) is 1. The first kappa shape index (κ1) is 23.7. The van der Waals surface area contributed by atoms with Crippen molar-refractivity contribution in [3.8, 4) is 11.5 Å². The van der Waals surface area contributed by atoms with Crippen molar-refractivity contribution >= 4 is 35.5 Å². The zero-order valence-corrected chi connectivity index (χ0v) is 19.4. The molecular formula is C25H25ClN2O3S. The van der Waals surface area contributed by atoms with Crippen molar-refractivity contribution < 1.29 is 14.3 Å². The first-order chi connectivity index (χ1) is 15.6. The molecule has 3 aromatic rings. The van der Waals surface area contributed by atoms with Crippen molar-refractivity contribution in [2.75, 3.05) is 12.4 Å². The molecule has 0 saturated carbocycles. The van der Waals surface area contributed by atoms with Gasteiger partial charge in [0.05, 0.1) is 18.6 Å². The van der Waals surface area contributed by atoms with Gasteiger partial charge in [0, 0.05) is 10.8 Å². The summed E-state index contributed by atoms with van der Waals surface area (Å²) in [6.45, 7) is 2.83. The van der Waals surface area contributed by atoms with E-state index in [9.17, 15) is 4.79 Å². The SMILES string of the molecule is CCOc1cc(/C=N/NC(=O)CSCc2ccccc2)ccc1OCc1ccc(Cl)cc1. The van der Waals surface area contributed by atoms with E-state index in [0.29, 0.717) is 35.5 Å². The summed E-state index contributed by atoms with van der Waals surface area (Å²) < 4.78 is 11.6. The average molecular weight is 469 g/mol. The van der Waals surface area contributed by atoms with Crippen molar-refractivity contribution in [3.63, 3.8) is 0 Å². The fraction of sp³-hybridized carbons (Fsp3) is 0.200. The van der Waals surface area contributed by atoms with E-state index in [0.717, 1.165) is 16.9 Å². The Morgan fingerprint density at radius 2 is 1.78 bits per heavy atom. The second-order valence-corrected chi connectivity index (χ2v) is 8.25. The van der Waals surface area contributed by atoms with Crippen molar-refractivity contribution in [1.29, 1.82) is 0 Å². The van der Waals surface area contributed by atoms with E-state index in [4.69, 9.17) is 21.1 Å². The van der Waals surface area contributed by atoms with Crippen LogP contribution in [-0.4, -0.2) is 24.5 Å². The van der Waals surface area contributed by atoms with Gasteiger partial charge in [-0.25, -0.2) is 5.43 Å². The van der Waals surface area contributed by atoms with Gasteiger partial charge in [0.25, 0.3) is 0 Å². The number of nitrogens with zero attached hydrogens (tertiary/aromatic N) is 1. The lowest BCUT2D eigenvalue weighted by molar-refractivity contribution is -0.118. The maximum Gasteiger partial charge on any atom is 0.250 e. The molecule has 0 radical (unpaired) electrons. The summed E-state index contributed by atoms with van der Waals surface area (Å²) in [5.74, 6) is 2.24. The molecule has 3 rings (SSSR count). The third kappa shape index (κ3) is 7.94. The van der Waals surface area contributed by atoms with Gasteiger partial charge in [-0.3, -0.25) is 4.79 Å². The molecule has 0 fully saturated rings. The molecule has 166 valence electrons. The van der Waals surface area contributed by atoms with E-state index in [1.54, 1.807) is 18.0 Å². The maximum absolute atomic E-state index is 12.0. The van der Waals surface area contributed by atoms with Crippen LogP contribution in [0.15, 0.2) is 77.9 Å². The Hall–Kier alpha value is -2.96. The molecule has 1 amide bonds. The standard InChI is InChI=1S/C25H25ClN2O3S/c1-2-30-24-14-21(10-13-23(24)31-16-19-8-11-22(26)12-9-19)15-27-28-25(29)18-32-17-20-6-4-3-5-7-20/h3-15H,2,16-18H2,1H3,(H,28,29)/b27-15+. The largest absolute Gasteiger partial charge is 0.490 e. The monoisotopic (exact) mass is 468 g/mol. The van der Waals surface area contributed by atoms with Crippen LogP contribution in [0.1, 0.15) is 23.6 Å². The number of hydrogen-bond acceptors (Lipinski definition) is 5. The normalized spacial score (nSPS) is 10.8. The Labute approximate surface area is 197 Å². The van der Waals surface area contributed by atoms with Gasteiger partial charge < -0.3 is 9.47 Å². The molecule has 0 aromatic heterocycles. The Balaban J connectivity index is 1.50. The van der Waals surface area contributed by atoms with E-state index in [-0.39, 0.29) is 5.91 Å². The molecule has 0 bridgehead atoms. The fourth-order valence-electron chi connectivity index (χ4n) is 2.78. The Morgan fingerprint density at radius 3 is 2.53 bits per heavy atom. The zero-order chi connectivity index (χ0) is 22.6. The number of nitrogens with one attached hydrogen (secondary N) is 1. The average Bonchev–Trinajstić information content (AvgIpc) is 2.80. The molecule has 7 heteroatoms. The number of carbonyl (C=O) groups excluding carboxylic acids is 1. The van der Waals surface area contributed by atoms with Gasteiger partial charge in [0.15, 0.2) is 11.5 Å². The Morgan fingerprint density at radius 1 is 1.00 bits per heavy atom. The molecule has 0 aliphatic heterocycles. The van der Waals surface area contributed by atoms with Crippen LogP contribution in [0.4, 0.5) is 0 Å². The number of benzene rings is 3. The van der Waals surface area contributed by atoms with Crippen LogP contribution in [0.25, 0.3) is 0 Å². The molecule has 0 unspecified atom stereocenters. The molecule has 0 aliphatic carbocycles. The van der Waals surface area contributed by atoms with E-state index in [1.165, 1.54) is 5.56 Å². The molecule has 0 atom stereocenters. The van der Waals surface area contributed by atoms with E-state index >= 15 is 0 Å². The van der Waals surface area contributed by atoms with E-state index < -0.39 is 0 Å². The molecule has 0 aliphatic rings.